The van der Waals surface area contributed by atoms with Crippen molar-refractivity contribution in [3.8, 4) is 0 Å². The summed E-state index contributed by atoms with van der Waals surface area (Å²) in [7, 11) is 0. The number of benzene rings is 1. The van der Waals surface area contributed by atoms with Crippen molar-refractivity contribution in [3.63, 3.8) is 0 Å². The van der Waals surface area contributed by atoms with Crippen molar-refractivity contribution in [1.29, 1.82) is 0 Å². The quantitative estimate of drug-likeness (QED) is 0.836. The first-order chi connectivity index (χ1) is 9.73. The van der Waals surface area contributed by atoms with E-state index in [9.17, 15) is 18.0 Å². The summed E-state index contributed by atoms with van der Waals surface area (Å²) in [6.07, 6.45) is -2.44. The van der Waals surface area contributed by atoms with Gasteiger partial charge >= 0.3 is 0 Å². The molecule has 116 valence electrons. The number of carbonyl (C=O) groups excluding carboxylic acids is 1. The zero-order valence-electron chi connectivity index (χ0n) is 11.5. The highest BCUT2D eigenvalue weighted by Crippen LogP contribution is 2.38. The summed E-state index contributed by atoms with van der Waals surface area (Å²) in [5.74, 6) is -0.779. The third-order valence-electron chi connectivity index (χ3n) is 3.75. The maximum absolute atomic E-state index is 14.0. The molecule has 1 saturated heterocycles. The highest BCUT2D eigenvalue weighted by Gasteiger charge is 2.52. The number of ether oxygens (including phenoxy) is 1. The first-order valence-corrected chi connectivity index (χ1v) is 7.13. The molecule has 0 aromatic heterocycles. The van der Waals surface area contributed by atoms with Crippen LogP contribution in [0.5, 0.6) is 0 Å². The number of rotatable bonds is 3. The largest absolute Gasteiger partial charge is 0.371 e. The van der Waals surface area contributed by atoms with E-state index in [1.807, 2.05) is 0 Å². The Balaban J connectivity index is 2.52. The van der Waals surface area contributed by atoms with Gasteiger partial charge in [0.05, 0.1) is 18.2 Å². The Bertz CT molecular complexity index is 553. The van der Waals surface area contributed by atoms with E-state index in [0.717, 1.165) is 6.07 Å². The van der Waals surface area contributed by atoms with Gasteiger partial charge in [-0.3, -0.25) is 5.32 Å². The van der Waals surface area contributed by atoms with Gasteiger partial charge in [-0.15, -0.1) is 0 Å². The summed E-state index contributed by atoms with van der Waals surface area (Å²) < 4.78 is 47.3. The third kappa shape index (κ3) is 2.86. The monoisotopic (exact) mass is 365 g/mol. The van der Waals surface area contributed by atoms with Crippen LogP contribution in [-0.4, -0.2) is 31.0 Å². The number of alkyl halides is 2. The van der Waals surface area contributed by atoms with Crippen molar-refractivity contribution < 1.29 is 22.7 Å². The van der Waals surface area contributed by atoms with Crippen molar-refractivity contribution in [2.75, 3.05) is 6.61 Å². The Morgan fingerprint density at radius 3 is 2.71 bits per heavy atom. The minimum absolute atomic E-state index is 0.228. The van der Waals surface area contributed by atoms with Crippen molar-refractivity contribution in [2.24, 2.45) is 0 Å². The Hall–Kier alpha value is -0.920. The van der Waals surface area contributed by atoms with Gasteiger partial charge in [0.2, 0.25) is 0 Å². The summed E-state index contributed by atoms with van der Waals surface area (Å²) >= 11 is 3.14. The maximum atomic E-state index is 14.0. The topological polar surface area (TPSA) is 38.3 Å². The lowest BCUT2D eigenvalue weighted by Gasteiger charge is -2.47. The van der Waals surface area contributed by atoms with E-state index in [4.69, 9.17) is 4.74 Å². The van der Waals surface area contributed by atoms with Crippen LogP contribution < -0.4 is 5.32 Å². The minimum atomic E-state index is -2.94. The second kappa shape index (κ2) is 5.70. The number of morpholine rings is 1. The molecule has 7 heteroatoms. The molecule has 1 heterocycles. The molecule has 0 aliphatic carbocycles. The van der Waals surface area contributed by atoms with Crippen molar-refractivity contribution in [1.82, 2.24) is 5.32 Å². The zero-order valence-corrected chi connectivity index (χ0v) is 13.1. The molecule has 1 fully saturated rings. The van der Waals surface area contributed by atoms with Crippen LogP contribution in [0.4, 0.5) is 13.2 Å². The van der Waals surface area contributed by atoms with Gasteiger partial charge < -0.3 is 9.53 Å². The normalized spacial score (nSPS) is 28.6. The Morgan fingerprint density at radius 1 is 1.48 bits per heavy atom. The first kappa shape index (κ1) is 16.5. The van der Waals surface area contributed by atoms with Gasteiger partial charge in [0.1, 0.15) is 17.6 Å². The molecule has 3 nitrogen and oxygen atoms in total. The summed E-state index contributed by atoms with van der Waals surface area (Å²) in [6.45, 7) is 2.80. The second-order valence-corrected chi connectivity index (χ2v) is 6.46. The molecule has 1 aromatic carbocycles. The molecule has 21 heavy (non-hydrogen) atoms. The van der Waals surface area contributed by atoms with E-state index < -0.39 is 36.0 Å². The average Bonchev–Trinajstić information content (AvgIpc) is 2.41. The molecule has 1 aromatic rings. The van der Waals surface area contributed by atoms with Crippen LogP contribution in [0.25, 0.3) is 0 Å². The number of hydrogen-bond donors (Lipinski definition) is 1. The highest BCUT2D eigenvalue weighted by molar-refractivity contribution is 9.10. The van der Waals surface area contributed by atoms with Crippen LogP contribution >= 0.6 is 15.9 Å². The van der Waals surface area contributed by atoms with Gasteiger partial charge in [0, 0.05) is 10.0 Å². The fourth-order valence-corrected chi connectivity index (χ4v) is 2.68. The van der Waals surface area contributed by atoms with Gasteiger partial charge in [-0.2, -0.15) is 0 Å². The molecule has 0 bridgehead atoms. The molecule has 0 saturated carbocycles. The lowest BCUT2D eigenvalue weighted by Crippen LogP contribution is -2.67. The smallest absolute Gasteiger partial charge is 0.263 e. The van der Waals surface area contributed by atoms with Gasteiger partial charge in [-0.05, 0) is 32.0 Å². The lowest BCUT2D eigenvalue weighted by atomic mass is 9.84. The molecular weight excluding hydrogens is 351 g/mol. The molecule has 0 amide bonds. The number of aldehydes is 1. The maximum Gasteiger partial charge on any atom is 0.263 e. The summed E-state index contributed by atoms with van der Waals surface area (Å²) in [5, 5.41) is 2.59. The van der Waals surface area contributed by atoms with Gasteiger partial charge in [0.25, 0.3) is 6.43 Å². The number of halogens is 4. The molecule has 0 spiro atoms. The van der Waals surface area contributed by atoms with Crippen LogP contribution in [0.3, 0.4) is 0 Å². The molecule has 2 atom stereocenters. The van der Waals surface area contributed by atoms with E-state index in [1.54, 1.807) is 13.8 Å². The molecule has 1 N–H and O–H groups in total. The molecule has 2 rings (SSSR count). The van der Waals surface area contributed by atoms with E-state index in [2.05, 4.69) is 21.2 Å². The molecule has 2 unspecified atom stereocenters. The molecule has 1 aliphatic heterocycles. The van der Waals surface area contributed by atoms with Crippen molar-refractivity contribution in [3.05, 3.63) is 34.1 Å². The average molecular weight is 366 g/mol. The van der Waals surface area contributed by atoms with Crippen LogP contribution in [0.15, 0.2) is 22.7 Å². The molecular formula is C14H15BrF3NO2. The fraction of sp³-hybridized carbons (Fsp3) is 0.500. The zero-order chi connectivity index (χ0) is 15.8. The number of hydrogen-bond acceptors (Lipinski definition) is 3. The van der Waals surface area contributed by atoms with E-state index >= 15 is 0 Å². The van der Waals surface area contributed by atoms with Gasteiger partial charge in [-0.25, -0.2) is 13.2 Å². The first-order valence-electron chi connectivity index (χ1n) is 6.33. The Labute approximate surface area is 129 Å². The van der Waals surface area contributed by atoms with Gasteiger partial charge in [-0.1, -0.05) is 15.9 Å². The van der Waals surface area contributed by atoms with E-state index in [-0.39, 0.29) is 5.56 Å². The van der Waals surface area contributed by atoms with Crippen LogP contribution in [0, 0.1) is 5.82 Å². The Kier molecular flexibility index (Phi) is 4.46. The summed E-state index contributed by atoms with van der Waals surface area (Å²) in [4.78, 5) is 11.2. The second-order valence-electron chi connectivity index (χ2n) is 5.55. The predicted octanol–water partition coefficient (Wildman–Crippen LogP) is 3.01. The van der Waals surface area contributed by atoms with Crippen molar-refractivity contribution >= 4 is 22.2 Å². The van der Waals surface area contributed by atoms with Crippen LogP contribution in [0.1, 0.15) is 19.4 Å². The highest BCUT2D eigenvalue weighted by atomic mass is 79.9. The molecule has 0 radical (unpaired) electrons. The van der Waals surface area contributed by atoms with Crippen LogP contribution in [-0.2, 0) is 15.1 Å². The summed E-state index contributed by atoms with van der Waals surface area (Å²) in [5.41, 5.74) is -3.23. The lowest BCUT2D eigenvalue weighted by molar-refractivity contribution is -0.160. The third-order valence-corrected chi connectivity index (χ3v) is 4.24. The minimum Gasteiger partial charge on any atom is -0.371 e. The fourth-order valence-electron chi connectivity index (χ4n) is 2.32. The van der Waals surface area contributed by atoms with Crippen LogP contribution in [0.2, 0.25) is 0 Å². The summed E-state index contributed by atoms with van der Waals surface area (Å²) in [6, 6.07) is 2.82. The molecule has 1 aliphatic rings. The number of carbonyl (C=O) groups is 1. The van der Waals surface area contributed by atoms with E-state index in [0.29, 0.717) is 10.8 Å². The van der Waals surface area contributed by atoms with E-state index in [1.165, 1.54) is 12.1 Å². The number of nitrogens with one attached hydrogen (secondary N) is 1. The standard InChI is InChI=1S/C14H15BrF3NO2/c1-13(2)11(6-20)19-14(7-21-13,12(17)18)9-5-8(15)3-4-10(9)16/h3-6,11-12,19H,7H2,1-2H3. The van der Waals surface area contributed by atoms with Gasteiger partial charge in [0.15, 0.2) is 0 Å². The van der Waals surface area contributed by atoms with Crippen molar-refractivity contribution in [2.45, 2.75) is 37.5 Å². The Morgan fingerprint density at radius 2 is 2.14 bits per heavy atom. The SMILES string of the molecule is CC1(C)OCC(c2cc(Br)ccc2F)(C(F)F)NC1C=O. The predicted molar refractivity (Wildman–Crippen MR) is 74.8 cm³/mol.